The monoisotopic (exact) mass is 410 g/mol. The second-order valence-electron chi connectivity index (χ2n) is 7.27. The van der Waals surface area contributed by atoms with Crippen molar-refractivity contribution < 1.29 is 4.79 Å². The van der Waals surface area contributed by atoms with E-state index in [-0.39, 0.29) is 24.2 Å². The molecule has 0 radical (unpaired) electrons. The summed E-state index contributed by atoms with van der Waals surface area (Å²) < 4.78 is 1.92. The molecule has 0 bridgehead atoms. The average Bonchev–Trinajstić information content (AvgIpc) is 3.26. The van der Waals surface area contributed by atoms with Crippen molar-refractivity contribution in [2.45, 2.75) is 24.8 Å². The van der Waals surface area contributed by atoms with E-state index in [1.165, 1.54) is 11.1 Å². The third-order valence-electron chi connectivity index (χ3n) is 5.36. The number of hydrogen-bond acceptors (Lipinski definition) is 3. The first kappa shape index (κ1) is 21.1. The van der Waals surface area contributed by atoms with Gasteiger partial charge in [0.25, 0.3) is 5.91 Å². The van der Waals surface area contributed by atoms with E-state index in [9.17, 15) is 4.79 Å². The van der Waals surface area contributed by atoms with Crippen LogP contribution in [0.1, 0.15) is 46.4 Å². The first-order valence-corrected chi connectivity index (χ1v) is 9.95. The number of nitrogens with one attached hydrogen (secondary N) is 2. The number of carbonyl (C=O) groups excluding carboxylic acids is 1. The van der Waals surface area contributed by atoms with Gasteiger partial charge in [-0.2, -0.15) is 5.10 Å². The second kappa shape index (κ2) is 10.2. The zero-order valence-electron chi connectivity index (χ0n) is 16.3. The van der Waals surface area contributed by atoms with E-state index in [1.807, 2.05) is 53.3 Å². The summed E-state index contributed by atoms with van der Waals surface area (Å²) in [5.41, 5.74) is 2.85. The number of nitrogens with zero attached hydrogens (tertiary/aromatic N) is 2. The molecule has 1 atom stereocenters. The van der Waals surface area contributed by atoms with Crippen molar-refractivity contribution in [3.8, 4) is 0 Å². The van der Waals surface area contributed by atoms with Gasteiger partial charge in [0.2, 0.25) is 0 Å². The highest BCUT2D eigenvalue weighted by Crippen LogP contribution is 2.24. The van der Waals surface area contributed by atoms with E-state index in [0.717, 1.165) is 25.9 Å². The Morgan fingerprint density at radius 2 is 1.72 bits per heavy atom. The van der Waals surface area contributed by atoms with Gasteiger partial charge in [0.05, 0.1) is 6.04 Å². The molecule has 4 rings (SSSR count). The van der Waals surface area contributed by atoms with Crippen molar-refractivity contribution in [3.63, 3.8) is 0 Å². The number of piperidine rings is 1. The minimum Gasteiger partial charge on any atom is -0.350 e. The molecule has 2 N–H and O–H groups in total. The Balaban J connectivity index is 0.00000240. The van der Waals surface area contributed by atoms with E-state index < -0.39 is 0 Å². The zero-order chi connectivity index (χ0) is 19.2. The van der Waals surface area contributed by atoms with Crippen LogP contribution in [-0.4, -0.2) is 35.3 Å². The van der Waals surface area contributed by atoms with Crippen LogP contribution in [0.2, 0.25) is 0 Å². The molecule has 3 aromatic rings. The minimum absolute atomic E-state index is 0. The van der Waals surface area contributed by atoms with Gasteiger partial charge < -0.3 is 10.6 Å². The smallest absolute Gasteiger partial charge is 0.271 e. The van der Waals surface area contributed by atoms with Crippen molar-refractivity contribution in [3.05, 3.63) is 89.7 Å². The first-order chi connectivity index (χ1) is 13.8. The van der Waals surface area contributed by atoms with E-state index in [1.54, 1.807) is 0 Å². The maximum absolute atomic E-state index is 12.7. The Labute approximate surface area is 177 Å². The first-order valence-electron chi connectivity index (χ1n) is 9.95. The fourth-order valence-corrected chi connectivity index (χ4v) is 3.81. The molecular weight excluding hydrogens is 384 g/mol. The Morgan fingerprint density at radius 1 is 1.07 bits per heavy atom. The normalized spacial score (nSPS) is 16.2. The van der Waals surface area contributed by atoms with Gasteiger partial charge >= 0.3 is 0 Å². The number of carbonyl (C=O) groups is 1. The molecule has 1 saturated heterocycles. The lowest BCUT2D eigenvalue weighted by Gasteiger charge is -2.23. The number of benzene rings is 2. The van der Waals surface area contributed by atoms with Crippen LogP contribution in [0.15, 0.2) is 72.9 Å². The molecule has 1 aromatic heterocycles. The van der Waals surface area contributed by atoms with Gasteiger partial charge in [0, 0.05) is 25.2 Å². The zero-order valence-corrected chi connectivity index (χ0v) is 17.1. The highest BCUT2D eigenvalue weighted by molar-refractivity contribution is 5.92. The molecule has 1 aliphatic heterocycles. The molecule has 0 saturated carbocycles. The number of aromatic nitrogens is 2. The Hall–Kier alpha value is -2.63. The fourth-order valence-electron chi connectivity index (χ4n) is 3.81. The van der Waals surface area contributed by atoms with E-state index in [4.69, 9.17) is 0 Å². The molecule has 1 fully saturated rings. The van der Waals surface area contributed by atoms with Crippen LogP contribution >= 0.6 is 12.4 Å². The van der Waals surface area contributed by atoms with Crippen molar-refractivity contribution in [1.82, 2.24) is 20.4 Å². The van der Waals surface area contributed by atoms with Crippen molar-refractivity contribution in [2.24, 2.45) is 0 Å². The van der Waals surface area contributed by atoms with Gasteiger partial charge in [-0.1, -0.05) is 60.7 Å². The number of halogens is 1. The SMILES string of the molecule is Cl.O=C(NCC(c1ccccc1)c1ccccc1)c1ccn(C2CCCNC2)n1. The quantitative estimate of drug-likeness (QED) is 0.650. The summed E-state index contributed by atoms with van der Waals surface area (Å²) in [4.78, 5) is 12.7. The molecule has 0 aliphatic carbocycles. The molecule has 5 nitrogen and oxygen atoms in total. The lowest BCUT2D eigenvalue weighted by atomic mass is 9.91. The molecule has 0 spiro atoms. The fraction of sp³-hybridized carbons (Fsp3) is 0.304. The van der Waals surface area contributed by atoms with Crippen LogP contribution in [0.3, 0.4) is 0 Å². The third kappa shape index (κ3) is 5.25. The number of rotatable bonds is 6. The summed E-state index contributed by atoms with van der Waals surface area (Å²) in [6.45, 7) is 2.50. The molecule has 1 aliphatic rings. The topological polar surface area (TPSA) is 59.0 Å². The Bertz CT molecular complexity index is 852. The van der Waals surface area contributed by atoms with Gasteiger partial charge in [-0.15, -0.1) is 12.4 Å². The van der Waals surface area contributed by atoms with Crippen LogP contribution < -0.4 is 10.6 Å². The molecule has 6 heteroatoms. The lowest BCUT2D eigenvalue weighted by molar-refractivity contribution is 0.0946. The van der Waals surface area contributed by atoms with Crippen LogP contribution in [0, 0.1) is 0 Å². The molecule has 2 aromatic carbocycles. The molecule has 1 amide bonds. The molecule has 1 unspecified atom stereocenters. The van der Waals surface area contributed by atoms with E-state index in [2.05, 4.69) is 40.0 Å². The molecule has 152 valence electrons. The summed E-state index contributed by atoms with van der Waals surface area (Å²) >= 11 is 0. The molecule has 29 heavy (non-hydrogen) atoms. The predicted molar refractivity (Wildman–Crippen MR) is 118 cm³/mol. The van der Waals surface area contributed by atoms with Crippen molar-refractivity contribution in [1.29, 1.82) is 0 Å². The average molecular weight is 411 g/mol. The summed E-state index contributed by atoms with van der Waals surface area (Å²) in [7, 11) is 0. The Morgan fingerprint density at radius 3 is 2.31 bits per heavy atom. The highest BCUT2D eigenvalue weighted by atomic mass is 35.5. The molecule has 2 heterocycles. The Kier molecular flexibility index (Phi) is 7.44. The van der Waals surface area contributed by atoms with Crippen LogP contribution in [0.4, 0.5) is 0 Å². The van der Waals surface area contributed by atoms with E-state index >= 15 is 0 Å². The van der Waals surface area contributed by atoms with Gasteiger partial charge in [0.1, 0.15) is 5.69 Å². The lowest BCUT2D eigenvalue weighted by Crippen LogP contribution is -2.32. The van der Waals surface area contributed by atoms with Crippen molar-refractivity contribution in [2.75, 3.05) is 19.6 Å². The van der Waals surface area contributed by atoms with Crippen LogP contribution in [-0.2, 0) is 0 Å². The van der Waals surface area contributed by atoms with Crippen molar-refractivity contribution >= 4 is 18.3 Å². The summed E-state index contributed by atoms with van der Waals surface area (Å²) in [5.74, 6) is -0.0182. The standard InChI is InChI=1S/C23H26N4O.ClH/c28-23(22-13-15-27(26-22)20-12-7-14-24-16-20)25-17-21(18-8-3-1-4-9-18)19-10-5-2-6-11-19;/h1-6,8-11,13,15,20-21,24H,7,12,14,16-17H2,(H,25,28);1H. The largest absolute Gasteiger partial charge is 0.350 e. The summed E-state index contributed by atoms with van der Waals surface area (Å²) in [5, 5.41) is 11.0. The maximum Gasteiger partial charge on any atom is 0.271 e. The van der Waals surface area contributed by atoms with E-state index in [0.29, 0.717) is 18.3 Å². The van der Waals surface area contributed by atoms with Gasteiger partial charge in [-0.3, -0.25) is 9.48 Å². The summed E-state index contributed by atoms with van der Waals surface area (Å²) in [6.07, 6.45) is 4.15. The number of amides is 1. The van der Waals surface area contributed by atoms with Gasteiger partial charge in [0.15, 0.2) is 0 Å². The maximum atomic E-state index is 12.7. The van der Waals surface area contributed by atoms with Gasteiger partial charge in [-0.25, -0.2) is 0 Å². The summed E-state index contributed by atoms with van der Waals surface area (Å²) in [6, 6.07) is 22.7. The number of hydrogen-bond donors (Lipinski definition) is 2. The van der Waals surface area contributed by atoms with Gasteiger partial charge in [-0.05, 0) is 36.6 Å². The minimum atomic E-state index is -0.126. The van der Waals surface area contributed by atoms with Crippen LogP contribution in [0.25, 0.3) is 0 Å². The predicted octanol–water partition coefficient (Wildman–Crippen LogP) is 3.79. The molecular formula is C23H27ClN4O. The highest BCUT2D eigenvalue weighted by Gasteiger charge is 2.19. The van der Waals surface area contributed by atoms with Crippen LogP contribution in [0.5, 0.6) is 0 Å². The third-order valence-corrected chi connectivity index (χ3v) is 5.36. The second-order valence-corrected chi connectivity index (χ2v) is 7.27.